The zero-order valence-corrected chi connectivity index (χ0v) is 13.2. The number of carboxylic acid groups (broad SMARTS) is 1. The topological polar surface area (TPSA) is 60.9 Å². The van der Waals surface area contributed by atoms with E-state index in [4.69, 9.17) is 5.11 Å². The smallest absolute Gasteiger partial charge is 0.306 e. The molecule has 1 aliphatic rings. The third kappa shape index (κ3) is 3.65. The zero-order chi connectivity index (χ0) is 16.1. The lowest BCUT2D eigenvalue weighted by Crippen LogP contribution is -2.46. The summed E-state index contributed by atoms with van der Waals surface area (Å²) >= 11 is 0. The van der Waals surface area contributed by atoms with Crippen molar-refractivity contribution >= 4 is 11.9 Å². The van der Waals surface area contributed by atoms with E-state index in [-0.39, 0.29) is 17.9 Å². The van der Waals surface area contributed by atoms with Gasteiger partial charge in [0, 0.05) is 13.1 Å². The highest BCUT2D eigenvalue weighted by atomic mass is 16.4. The molecule has 5 heteroatoms. The Hall–Kier alpha value is -1.88. The molecule has 1 aromatic carbocycles. The fourth-order valence-electron chi connectivity index (χ4n) is 2.92. The first kappa shape index (κ1) is 16.5. The number of carbonyl (C=O) groups excluding carboxylic acids is 1. The molecule has 0 aromatic heterocycles. The minimum atomic E-state index is -0.752. The summed E-state index contributed by atoms with van der Waals surface area (Å²) in [5.74, 6) is -1.00. The van der Waals surface area contributed by atoms with Gasteiger partial charge in [0.2, 0.25) is 5.91 Å². The summed E-state index contributed by atoms with van der Waals surface area (Å²) in [4.78, 5) is 27.8. The summed E-state index contributed by atoms with van der Waals surface area (Å²) in [5, 5.41) is 9.06. The molecule has 5 nitrogen and oxygen atoms in total. The molecule has 0 radical (unpaired) electrons. The Morgan fingerprint density at radius 3 is 2.36 bits per heavy atom. The molecular formula is C17H24N2O3. The number of amides is 1. The molecule has 1 N–H and O–H groups in total. The quantitative estimate of drug-likeness (QED) is 0.904. The second-order valence-corrected chi connectivity index (χ2v) is 5.82. The molecule has 22 heavy (non-hydrogen) atoms. The summed E-state index contributed by atoms with van der Waals surface area (Å²) in [6.45, 7) is 3.85. The maximum Gasteiger partial charge on any atom is 0.306 e. The number of aliphatic carboxylic acids is 1. The monoisotopic (exact) mass is 304 g/mol. The van der Waals surface area contributed by atoms with Crippen LogP contribution >= 0.6 is 0 Å². The van der Waals surface area contributed by atoms with E-state index in [0.717, 1.165) is 12.1 Å². The third-order valence-electron chi connectivity index (χ3n) is 4.44. The van der Waals surface area contributed by atoms with Crippen LogP contribution in [0.25, 0.3) is 0 Å². The largest absolute Gasteiger partial charge is 0.481 e. The number of carbonyl (C=O) groups is 2. The van der Waals surface area contributed by atoms with Crippen LogP contribution < -0.4 is 0 Å². The van der Waals surface area contributed by atoms with Crippen molar-refractivity contribution < 1.29 is 14.7 Å². The highest BCUT2D eigenvalue weighted by Gasteiger charge is 2.32. The normalized spacial score (nSPS) is 17.5. The summed E-state index contributed by atoms with van der Waals surface area (Å²) in [6.07, 6.45) is 1.08. The summed E-state index contributed by atoms with van der Waals surface area (Å²) < 4.78 is 0. The molecular weight excluding hydrogens is 280 g/mol. The summed E-state index contributed by atoms with van der Waals surface area (Å²) in [5.41, 5.74) is 0.984. The Bertz CT molecular complexity index is 510. The van der Waals surface area contributed by atoms with Gasteiger partial charge in [0.15, 0.2) is 0 Å². The van der Waals surface area contributed by atoms with Crippen molar-refractivity contribution in [2.75, 3.05) is 26.7 Å². The SMILES string of the molecule is CCN(C)C(C(=O)N1CCC(C(=O)O)CC1)c1ccccc1. The Morgan fingerprint density at radius 2 is 1.86 bits per heavy atom. The van der Waals surface area contributed by atoms with Gasteiger partial charge in [-0.2, -0.15) is 0 Å². The average Bonchev–Trinajstić information content (AvgIpc) is 2.55. The zero-order valence-electron chi connectivity index (χ0n) is 13.2. The molecule has 1 saturated heterocycles. The number of carboxylic acids is 1. The van der Waals surface area contributed by atoms with Gasteiger partial charge in [0.25, 0.3) is 0 Å². The average molecular weight is 304 g/mol. The highest BCUT2D eigenvalue weighted by Crippen LogP contribution is 2.25. The van der Waals surface area contributed by atoms with E-state index in [9.17, 15) is 9.59 Å². The Labute approximate surface area is 131 Å². The van der Waals surface area contributed by atoms with Crippen molar-refractivity contribution in [2.24, 2.45) is 5.92 Å². The van der Waals surface area contributed by atoms with E-state index in [1.54, 1.807) is 0 Å². The lowest BCUT2D eigenvalue weighted by molar-refractivity contribution is -0.147. The van der Waals surface area contributed by atoms with Gasteiger partial charge < -0.3 is 10.0 Å². The molecule has 0 spiro atoms. The molecule has 1 fully saturated rings. The number of nitrogens with zero attached hydrogens (tertiary/aromatic N) is 2. The first-order chi connectivity index (χ1) is 10.5. The Balaban J connectivity index is 2.12. The van der Waals surface area contributed by atoms with Gasteiger partial charge in [0.1, 0.15) is 6.04 Å². The number of rotatable bonds is 5. The predicted molar refractivity (Wildman–Crippen MR) is 84.4 cm³/mol. The molecule has 0 saturated carbocycles. The Morgan fingerprint density at radius 1 is 1.27 bits per heavy atom. The lowest BCUT2D eigenvalue weighted by atomic mass is 9.95. The van der Waals surface area contributed by atoms with E-state index >= 15 is 0 Å². The number of likely N-dealkylation sites (tertiary alicyclic amines) is 1. The van der Waals surface area contributed by atoms with Crippen molar-refractivity contribution in [1.82, 2.24) is 9.80 Å². The van der Waals surface area contributed by atoms with Crippen LogP contribution in [0.1, 0.15) is 31.4 Å². The minimum Gasteiger partial charge on any atom is -0.481 e. The van der Waals surface area contributed by atoms with E-state index in [1.165, 1.54) is 0 Å². The first-order valence-electron chi connectivity index (χ1n) is 7.81. The maximum absolute atomic E-state index is 12.9. The van der Waals surface area contributed by atoms with E-state index < -0.39 is 5.97 Å². The number of benzene rings is 1. The van der Waals surface area contributed by atoms with Crippen LogP contribution in [0.5, 0.6) is 0 Å². The van der Waals surface area contributed by atoms with Crippen molar-refractivity contribution in [2.45, 2.75) is 25.8 Å². The third-order valence-corrected chi connectivity index (χ3v) is 4.44. The van der Waals surface area contributed by atoms with Gasteiger partial charge in [-0.1, -0.05) is 37.3 Å². The molecule has 1 unspecified atom stereocenters. The molecule has 1 amide bonds. The molecule has 0 bridgehead atoms. The fourth-order valence-corrected chi connectivity index (χ4v) is 2.92. The second kappa shape index (κ2) is 7.40. The highest BCUT2D eigenvalue weighted by molar-refractivity contribution is 5.83. The first-order valence-corrected chi connectivity index (χ1v) is 7.81. The summed E-state index contributed by atoms with van der Waals surface area (Å²) in [7, 11) is 1.94. The van der Waals surface area contributed by atoms with Gasteiger partial charge in [0.05, 0.1) is 5.92 Å². The van der Waals surface area contributed by atoms with E-state index in [0.29, 0.717) is 25.9 Å². The molecule has 1 heterocycles. The van der Waals surface area contributed by atoms with Crippen molar-refractivity contribution in [1.29, 1.82) is 0 Å². The van der Waals surface area contributed by atoms with Crippen LogP contribution in [-0.4, -0.2) is 53.5 Å². The number of likely N-dealkylation sites (N-methyl/N-ethyl adjacent to an activating group) is 1. The predicted octanol–water partition coefficient (Wildman–Crippen LogP) is 2.00. The lowest BCUT2D eigenvalue weighted by Gasteiger charge is -2.35. The fraction of sp³-hybridized carbons (Fsp3) is 0.529. The molecule has 0 aliphatic carbocycles. The van der Waals surface area contributed by atoms with Gasteiger partial charge in [-0.25, -0.2) is 0 Å². The van der Waals surface area contributed by atoms with Crippen LogP contribution in [0.15, 0.2) is 30.3 Å². The minimum absolute atomic E-state index is 0.0689. The molecule has 2 rings (SSSR count). The number of hydrogen-bond donors (Lipinski definition) is 1. The van der Waals surface area contributed by atoms with Gasteiger partial charge in [-0.3, -0.25) is 14.5 Å². The van der Waals surface area contributed by atoms with Crippen LogP contribution in [0.4, 0.5) is 0 Å². The second-order valence-electron chi connectivity index (χ2n) is 5.82. The van der Waals surface area contributed by atoms with Crippen LogP contribution in [0, 0.1) is 5.92 Å². The van der Waals surface area contributed by atoms with E-state index in [2.05, 4.69) is 0 Å². The van der Waals surface area contributed by atoms with E-state index in [1.807, 2.05) is 54.1 Å². The van der Waals surface area contributed by atoms with Crippen molar-refractivity contribution in [3.63, 3.8) is 0 Å². The van der Waals surface area contributed by atoms with Crippen LogP contribution in [0.3, 0.4) is 0 Å². The van der Waals surface area contributed by atoms with Crippen molar-refractivity contribution in [3.8, 4) is 0 Å². The van der Waals surface area contributed by atoms with Gasteiger partial charge in [-0.15, -0.1) is 0 Å². The number of piperidine rings is 1. The summed E-state index contributed by atoms with van der Waals surface area (Å²) in [6, 6.07) is 9.46. The maximum atomic E-state index is 12.9. The molecule has 1 aromatic rings. The molecule has 1 aliphatic heterocycles. The van der Waals surface area contributed by atoms with Crippen LogP contribution in [-0.2, 0) is 9.59 Å². The molecule has 1 atom stereocenters. The number of hydrogen-bond acceptors (Lipinski definition) is 3. The molecule has 120 valence electrons. The van der Waals surface area contributed by atoms with Crippen molar-refractivity contribution in [3.05, 3.63) is 35.9 Å². The van der Waals surface area contributed by atoms with Gasteiger partial charge in [-0.05, 0) is 32.0 Å². The standard InChI is InChI=1S/C17H24N2O3/c1-3-18(2)15(13-7-5-4-6-8-13)16(20)19-11-9-14(10-12-19)17(21)22/h4-8,14-15H,3,9-12H2,1-2H3,(H,21,22). The Kier molecular flexibility index (Phi) is 5.55. The van der Waals surface area contributed by atoms with Crippen LogP contribution in [0.2, 0.25) is 0 Å². The van der Waals surface area contributed by atoms with Gasteiger partial charge >= 0.3 is 5.97 Å².